The van der Waals surface area contributed by atoms with Crippen molar-refractivity contribution >= 4 is 5.69 Å². The van der Waals surface area contributed by atoms with Gasteiger partial charge in [-0.1, -0.05) is 12.1 Å². The van der Waals surface area contributed by atoms with Crippen LogP contribution in [0, 0.1) is 11.3 Å². The lowest BCUT2D eigenvalue weighted by atomic mass is 10.2. The molecule has 0 amide bonds. The minimum Gasteiger partial charge on any atom is -0.489 e. The van der Waals surface area contributed by atoms with Crippen LogP contribution in [0.2, 0.25) is 0 Å². The number of hydrogen-bond acceptors (Lipinski definition) is 4. The zero-order valence-electron chi connectivity index (χ0n) is 14.0. The first-order valence-electron chi connectivity index (χ1n) is 8.05. The van der Waals surface area contributed by atoms with Gasteiger partial charge in [-0.2, -0.15) is 5.26 Å². The van der Waals surface area contributed by atoms with Gasteiger partial charge in [0.1, 0.15) is 31.1 Å². The summed E-state index contributed by atoms with van der Waals surface area (Å²) >= 11 is 0. The molecule has 0 aliphatic carbocycles. The van der Waals surface area contributed by atoms with E-state index in [1.54, 1.807) is 6.07 Å². The number of hydrogen-bond donors (Lipinski definition) is 1. The average molecular weight is 324 g/mol. The molecule has 0 saturated carbocycles. The predicted octanol–water partition coefficient (Wildman–Crippen LogP) is 1.66. The maximum absolute atomic E-state index is 9.09. The second-order valence-electron chi connectivity index (χ2n) is 6.06. The first kappa shape index (κ1) is 16.3. The van der Waals surface area contributed by atoms with Crippen LogP contribution in [0.4, 0.5) is 5.69 Å². The molecule has 1 aliphatic heterocycles. The van der Waals surface area contributed by atoms with Crippen LogP contribution in [0.1, 0.15) is 17.4 Å². The van der Waals surface area contributed by atoms with Gasteiger partial charge in [0, 0.05) is 25.3 Å². The number of nitriles is 1. The number of anilines is 1. The highest BCUT2D eigenvalue weighted by molar-refractivity contribution is 5.46. The number of nitrogens with two attached hydrogens (primary N) is 1. The summed E-state index contributed by atoms with van der Waals surface area (Å²) in [5, 5.41) is 11.3. The molecule has 0 radical (unpaired) electrons. The largest absolute Gasteiger partial charge is 0.489 e. The van der Waals surface area contributed by atoms with Gasteiger partial charge in [-0.25, -0.2) is 0 Å². The third-order valence-corrected chi connectivity index (χ3v) is 4.12. The minimum absolute atomic E-state index is 0.000947. The fraction of sp³-hybridized carbons (Fsp3) is 0.316. The molecular weight excluding hydrogens is 302 g/mol. The van der Waals surface area contributed by atoms with Gasteiger partial charge in [0.2, 0.25) is 6.23 Å². The van der Waals surface area contributed by atoms with Crippen LogP contribution in [0.15, 0.2) is 48.5 Å². The number of ether oxygens (including phenoxy) is 2. The molecule has 2 N–H and O–H groups in total. The summed E-state index contributed by atoms with van der Waals surface area (Å²) in [5.74, 6) is 0.613. The SMILES string of the molecule is CN(C)c1ccc([C@H]2[NH2+]C[C@H](COc3ccccc3C#N)O2)cc1. The normalized spacial score (nSPS) is 19.7. The number of para-hydroxylation sites is 1. The van der Waals surface area contributed by atoms with E-state index in [0.29, 0.717) is 17.9 Å². The van der Waals surface area contributed by atoms with Crippen molar-refractivity contribution in [2.24, 2.45) is 0 Å². The lowest BCUT2D eigenvalue weighted by Gasteiger charge is -2.14. The quantitative estimate of drug-likeness (QED) is 0.909. The van der Waals surface area contributed by atoms with Gasteiger partial charge in [-0.05, 0) is 36.4 Å². The zero-order chi connectivity index (χ0) is 16.9. The van der Waals surface area contributed by atoms with Crippen LogP contribution in [-0.4, -0.2) is 33.4 Å². The van der Waals surface area contributed by atoms with Crippen molar-refractivity contribution in [3.8, 4) is 11.8 Å². The Morgan fingerprint density at radius 2 is 1.96 bits per heavy atom. The molecule has 124 valence electrons. The molecule has 2 aromatic carbocycles. The summed E-state index contributed by atoms with van der Waals surface area (Å²) in [4.78, 5) is 2.08. The second kappa shape index (κ2) is 7.35. The number of nitrogens with zero attached hydrogens (tertiary/aromatic N) is 2. The number of benzene rings is 2. The van der Waals surface area contributed by atoms with E-state index in [4.69, 9.17) is 14.7 Å². The standard InChI is InChI=1S/C19H21N3O2/c1-22(2)16-9-7-14(8-10-16)19-21-12-17(24-19)13-23-18-6-4-3-5-15(18)11-20/h3-10,17,19,21H,12-13H2,1-2H3/p+1/t17-,19+/m1/s1. The summed E-state index contributed by atoms with van der Waals surface area (Å²) in [6.45, 7) is 1.29. The maximum Gasteiger partial charge on any atom is 0.217 e. The van der Waals surface area contributed by atoms with Gasteiger partial charge >= 0.3 is 0 Å². The molecule has 3 rings (SSSR count). The van der Waals surface area contributed by atoms with Crippen molar-refractivity contribution < 1.29 is 14.8 Å². The Morgan fingerprint density at radius 3 is 2.67 bits per heavy atom. The topological polar surface area (TPSA) is 62.1 Å². The molecule has 5 nitrogen and oxygen atoms in total. The molecule has 0 aromatic heterocycles. The highest BCUT2D eigenvalue weighted by Gasteiger charge is 2.30. The fourth-order valence-electron chi connectivity index (χ4n) is 2.75. The van der Waals surface area contributed by atoms with E-state index in [1.807, 2.05) is 32.3 Å². The average Bonchev–Trinajstić information content (AvgIpc) is 3.09. The highest BCUT2D eigenvalue weighted by Crippen LogP contribution is 2.21. The Morgan fingerprint density at radius 1 is 1.21 bits per heavy atom. The van der Waals surface area contributed by atoms with Gasteiger partial charge in [-0.3, -0.25) is 0 Å². The Labute approximate surface area is 142 Å². The Kier molecular flexibility index (Phi) is 4.99. The van der Waals surface area contributed by atoms with E-state index < -0.39 is 0 Å². The first-order valence-corrected chi connectivity index (χ1v) is 8.05. The minimum atomic E-state index is 0.000947. The molecule has 1 fully saturated rings. The molecule has 1 aliphatic rings. The van der Waals surface area contributed by atoms with Crippen molar-refractivity contribution in [2.45, 2.75) is 12.3 Å². The van der Waals surface area contributed by atoms with Crippen LogP contribution >= 0.6 is 0 Å². The Hall–Kier alpha value is -2.55. The van der Waals surface area contributed by atoms with Crippen molar-refractivity contribution in [1.82, 2.24) is 0 Å². The van der Waals surface area contributed by atoms with E-state index >= 15 is 0 Å². The van der Waals surface area contributed by atoms with E-state index in [0.717, 1.165) is 12.1 Å². The van der Waals surface area contributed by atoms with Gasteiger partial charge in [0.15, 0.2) is 0 Å². The van der Waals surface area contributed by atoms with Crippen molar-refractivity contribution in [3.05, 3.63) is 59.7 Å². The van der Waals surface area contributed by atoms with Crippen molar-refractivity contribution in [2.75, 3.05) is 32.1 Å². The zero-order valence-corrected chi connectivity index (χ0v) is 14.0. The van der Waals surface area contributed by atoms with Crippen molar-refractivity contribution in [1.29, 1.82) is 5.26 Å². The molecule has 24 heavy (non-hydrogen) atoms. The number of quaternary nitrogens is 1. The highest BCUT2D eigenvalue weighted by atomic mass is 16.6. The summed E-state index contributed by atoms with van der Waals surface area (Å²) in [5.41, 5.74) is 2.88. The Balaban J connectivity index is 1.56. The van der Waals surface area contributed by atoms with Gasteiger partial charge < -0.3 is 19.7 Å². The molecule has 0 unspecified atom stereocenters. The van der Waals surface area contributed by atoms with Gasteiger partial charge in [0.25, 0.3) is 0 Å². The smallest absolute Gasteiger partial charge is 0.217 e. The second-order valence-corrected chi connectivity index (χ2v) is 6.06. The van der Waals surface area contributed by atoms with Crippen LogP contribution in [0.5, 0.6) is 5.75 Å². The predicted molar refractivity (Wildman–Crippen MR) is 91.8 cm³/mol. The van der Waals surface area contributed by atoms with E-state index in [2.05, 4.69) is 40.6 Å². The molecule has 1 heterocycles. The molecule has 2 aromatic rings. The summed E-state index contributed by atoms with van der Waals surface area (Å²) < 4.78 is 11.8. The molecule has 0 spiro atoms. The van der Waals surface area contributed by atoms with E-state index in [-0.39, 0.29) is 12.3 Å². The summed E-state index contributed by atoms with van der Waals surface area (Å²) in [7, 11) is 4.05. The molecular formula is C19H22N3O2+. The fourth-order valence-corrected chi connectivity index (χ4v) is 2.75. The van der Waals surface area contributed by atoms with Crippen LogP contribution < -0.4 is 15.0 Å². The molecule has 1 saturated heterocycles. The summed E-state index contributed by atoms with van der Waals surface area (Å²) in [6.07, 6.45) is 0.0105. The van der Waals surface area contributed by atoms with Crippen molar-refractivity contribution in [3.63, 3.8) is 0 Å². The van der Waals surface area contributed by atoms with E-state index in [1.165, 1.54) is 5.69 Å². The third-order valence-electron chi connectivity index (χ3n) is 4.12. The molecule has 2 atom stereocenters. The van der Waals surface area contributed by atoms with Crippen LogP contribution in [0.3, 0.4) is 0 Å². The molecule has 5 heteroatoms. The van der Waals surface area contributed by atoms with Crippen LogP contribution in [0.25, 0.3) is 0 Å². The van der Waals surface area contributed by atoms with E-state index in [9.17, 15) is 0 Å². The lowest BCUT2D eigenvalue weighted by Crippen LogP contribution is -2.82. The summed E-state index contributed by atoms with van der Waals surface area (Å²) in [6, 6.07) is 17.8. The lowest BCUT2D eigenvalue weighted by molar-refractivity contribution is -0.697. The molecule has 0 bridgehead atoms. The van der Waals surface area contributed by atoms with Gasteiger partial charge in [0.05, 0.1) is 5.56 Å². The first-order chi connectivity index (χ1) is 11.7. The van der Waals surface area contributed by atoms with Gasteiger partial charge in [-0.15, -0.1) is 0 Å². The van der Waals surface area contributed by atoms with Crippen LogP contribution in [-0.2, 0) is 4.74 Å². The monoisotopic (exact) mass is 324 g/mol. The number of rotatable bonds is 5. The Bertz CT molecular complexity index is 722. The third kappa shape index (κ3) is 3.67. The maximum atomic E-state index is 9.09.